The Labute approximate surface area is 114 Å². The second kappa shape index (κ2) is 6.01. The van der Waals surface area contributed by atoms with Gasteiger partial charge in [-0.05, 0) is 30.3 Å². The van der Waals surface area contributed by atoms with Crippen molar-refractivity contribution in [2.75, 3.05) is 12.5 Å². The lowest BCUT2D eigenvalue weighted by molar-refractivity contribution is 0.412. The number of hydrogen-bond acceptors (Lipinski definition) is 4. The summed E-state index contributed by atoms with van der Waals surface area (Å²) in [6, 6.07) is 7.72. The highest BCUT2D eigenvalue weighted by Crippen LogP contribution is 2.21. The molecular weight excluding hydrogens is 266 g/mol. The van der Waals surface area contributed by atoms with Crippen LogP contribution in [-0.4, -0.2) is 18.4 Å². The molecule has 20 heavy (non-hydrogen) atoms. The van der Waals surface area contributed by atoms with Gasteiger partial charge in [0.2, 0.25) is 0 Å². The van der Waals surface area contributed by atoms with Gasteiger partial charge in [-0.3, -0.25) is 5.43 Å². The number of ether oxygens (including phenoxy) is 1. The fraction of sp³-hybridized carbons (Fsp3) is 0.0714. The van der Waals surface area contributed by atoms with Crippen molar-refractivity contribution in [1.82, 2.24) is 0 Å². The first kappa shape index (κ1) is 13.8. The van der Waals surface area contributed by atoms with E-state index in [-0.39, 0.29) is 11.4 Å². The number of halogens is 2. The third-order valence-corrected chi connectivity index (χ3v) is 2.55. The van der Waals surface area contributed by atoms with E-state index >= 15 is 0 Å². The number of rotatable bonds is 4. The second-order valence-electron chi connectivity index (χ2n) is 3.92. The number of phenolic OH excluding ortho intramolecular Hbond substituents is 1. The van der Waals surface area contributed by atoms with Gasteiger partial charge in [0.15, 0.2) is 5.82 Å². The summed E-state index contributed by atoms with van der Waals surface area (Å²) in [5, 5.41) is 13.4. The Bertz CT molecular complexity index is 645. The highest BCUT2D eigenvalue weighted by molar-refractivity contribution is 5.84. The molecule has 0 aromatic heterocycles. The van der Waals surface area contributed by atoms with Crippen LogP contribution in [0.25, 0.3) is 0 Å². The van der Waals surface area contributed by atoms with Crippen LogP contribution < -0.4 is 10.2 Å². The molecule has 104 valence electrons. The molecule has 4 nitrogen and oxygen atoms in total. The Morgan fingerprint density at radius 2 is 2.00 bits per heavy atom. The van der Waals surface area contributed by atoms with Crippen molar-refractivity contribution in [3.8, 4) is 11.5 Å². The number of nitrogens with one attached hydrogen (secondary N) is 1. The van der Waals surface area contributed by atoms with Crippen molar-refractivity contribution in [2.45, 2.75) is 0 Å². The first-order valence-electron chi connectivity index (χ1n) is 5.71. The monoisotopic (exact) mass is 278 g/mol. The normalized spacial score (nSPS) is 10.8. The number of benzene rings is 2. The molecule has 6 heteroatoms. The van der Waals surface area contributed by atoms with E-state index in [4.69, 9.17) is 4.74 Å². The third-order valence-electron chi connectivity index (χ3n) is 2.55. The third kappa shape index (κ3) is 3.23. The van der Waals surface area contributed by atoms with E-state index in [2.05, 4.69) is 10.5 Å². The minimum atomic E-state index is -0.753. The Hall–Kier alpha value is -2.63. The molecule has 2 aromatic carbocycles. The molecule has 0 atom stereocenters. The van der Waals surface area contributed by atoms with Crippen molar-refractivity contribution in [3.63, 3.8) is 0 Å². The number of nitrogens with zero attached hydrogens (tertiary/aromatic N) is 1. The van der Waals surface area contributed by atoms with Crippen LogP contribution in [0.5, 0.6) is 11.5 Å². The maximum absolute atomic E-state index is 13.3. The lowest BCUT2D eigenvalue weighted by atomic mass is 10.2. The quantitative estimate of drug-likeness (QED) is 0.667. The summed E-state index contributed by atoms with van der Waals surface area (Å²) in [5.74, 6) is -0.854. The average molecular weight is 278 g/mol. The summed E-state index contributed by atoms with van der Waals surface area (Å²) in [6.07, 6.45) is 1.31. The van der Waals surface area contributed by atoms with E-state index < -0.39 is 11.6 Å². The van der Waals surface area contributed by atoms with Crippen LogP contribution in [0.4, 0.5) is 14.5 Å². The molecule has 0 spiro atoms. The molecular formula is C14H12F2N2O2. The second-order valence-corrected chi connectivity index (χ2v) is 3.92. The Balaban J connectivity index is 2.13. The lowest BCUT2D eigenvalue weighted by Crippen LogP contribution is -1.95. The molecule has 0 radical (unpaired) electrons. The molecule has 0 aliphatic carbocycles. The highest BCUT2D eigenvalue weighted by atomic mass is 19.1. The first-order valence-corrected chi connectivity index (χ1v) is 5.71. The van der Waals surface area contributed by atoms with Gasteiger partial charge < -0.3 is 9.84 Å². The number of aromatic hydroxyl groups is 1. The number of anilines is 1. The van der Waals surface area contributed by atoms with Gasteiger partial charge in [-0.2, -0.15) is 5.10 Å². The van der Waals surface area contributed by atoms with Gasteiger partial charge in [0.05, 0.1) is 19.0 Å². The van der Waals surface area contributed by atoms with Gasteiger partial charge in [-0.15, -0.1) is 0 Å². The fourth-order valence-corrected chi connectivity index (χ4v) is 1.51. The predicted molar refractivity (Wildman–Crippen MR) is 72.2 cm³/mol. The highest BCUT2D eigenvalue weighted by Gasteiger charge is 2.03. The summed E-state index contributed by atoms with van der Waals surface area (Å²) in [7, 11) is 1.50. The summed E-state index contributed by atoms with van der Waals surface area (Å²) >= 11 is 0. The zero-order chi connectivity index (χ0) is 14.5. The van der Waals surface area contributed by atoms with E-state index in [0.717, 1.165) is 12.1 Å². The Kier molecular flexibility index (Phi) is 4.14. The summed E-state index contributed by atoms with van der Waals surface area (Å²) < 4.78 is 31.1. The predicted octanol–water partition coefficient (Wildman–Crippen LogP) is 3.13. The number of hydrogen-bond donors (Lipinski definition) is 2. The molecule has 0 saturated carbocycles. The summed E-state index contributed by atoms with van der Waals surface area (Å²) in [6.45, 7) is 0. The Morgan fingerprint density at radius 3 is 2.70 bits per heavy atom. The maximum atomic E-state index is 13.3. The smallest absolute Gasteiger partial charge is 0.151 e. The lowest BCUT2D eigenvalue weighted by Gasteiger charge is -2.04. The number of methoxy groups -OCH3 is 1. The van der Waals surface area contributed by atoms with Gasteiger partial charge >= 0.3 is 0 Å². The van der Waals surface area contributed by atoms with Crippen molar-refractivity contribution >= 4 is 11.9 Å². The molecule has 2 N–H and O–H groups in total. The van der Waals surface area contributed by atoms with Crippen molar-refractivity contribution in [1.29, 1.82) is 0 Å². The van der Waals surface area contributed by atoms with E-state index in [1.165, 1.54) is 25.5 Å². The molecule has 2 aromatic rings. The van der Waals surface area contributed by atoms with Crippen LogP contribution in [0.2, 0.25) is 0 Å². The maximum Gasteiger partial charge on any atom is 0.151 e. The first-order chi connectivity index (χ1) is 9.60. The summed E-state index contributed by atoms with van der Waals surface area (Å²) in [5.41, 5.74) is 2.86. The minimum absolute atomic E-state index is 0.0101. The van der Waals surface area contributed by atoms with Gasteiger partial charge in [-0.1, -0.05) is 0 Å². The zero-order valence-electron chi connectivity index (χ0n) is 10.6. The zero-order valence-corrected chi connectivity index (χ0v) is 10.6. The Morgan fingerprint density at radius 1 is 1.20 bits per heavy atom. The topological polar surface area (TPSA) is 53.9 Å². The van der Waals surface area contributed by atoms with Crippen LogP contribution >= 0.6 is 0 Å². The molecule has 0 heterocycles. The minimum Gasteiger partial charge on any atom is -0.507 e. The SMILES string of the molecule is COc1ccc(O)c(C=NNc2ccc(F)cc2F)c1. The van der Waals surface area contributed by atoms with E-state index in [9.17, 15) is 13.9 Å². The van der Waals surface area contributed by atoms with Gasteiger partial charge in [0, 0.05) is 11.6 Å². The molecule has 0 bridgehead atoms. The number of hydrazone groups is 1. The standard InChI is InChI=1S/C14H12F2N2O2/c1-20-11-3-5-14(19)9(6-11)8-17-18-13-4-2-10(15)7-12(13)16/h2-8,18-19H,1H3. The average Bonchev–Trinajstić information content (AvgIpc) is 2.43. The molecule has 0 fully saturated rings. The number of phenols is 1. The van der Waals surface area contributed by atoms with Crippen LogP contribution in [0, 0.1) is 11.6 Å². The molecule has 0 aliphatic rings. The van der Waals surface area contributed by atoms with E-state index in [0.29, 0.717) is 11.3 Å². The van der Waals surface area contributed by atoms with Crippen molar-refractivity contribution in [2.24, 2.45) is 5.10 Å². The van der Waals surface area contributed by atoms with Gasteiger partial charge in [0.1, 0.15) is 17.3 Å². The van der Waals surface area contributed by atoms with Crippen LogP contribution in [0.15, 0.2) is 41.5 Å². The fourth-order valence-electron chi connectivity index (χ4n) is 1.51. The van der Waals surface area contributed by atoms with Gasteiger partial charge in [0.25, 0.3) is 0 Å². The molecule has 2 rings (SSSR count). The molecule has 0 amide bonds. The van der Waals surface area contributed by atoms with E-state index in [1.807, 2.05) is 0 Å². The van der Waals surface area contributed by atoms with Crippen LogP contribution in [0.1, 0.15) is 5.56 Å². The largest absolute Gasteiger partial charge is 0.507 e. The molecule has 0 unspecified atom stereocenters. The van der Waals surface area contributed by atoms with Crippen LogP contribution in [0.3, 0.4) is 0 Å². The van der Waals surface area contributed by atoms with E-state index in [1.54, 1.807) is 12.1 Å². The van der Waals surface area contributed by atoms with Crippen molar-refractivity contribution in [3.05, 3.63) is 53.6 Å². The van der Waals surface area contributed by atoms with Crippen LogP contribution in [-0.2, 0) is 0 Å². The summed E-state index contributed by atoms with van der Waals surface area (Å²) in [4.78, 5) is 0. The van der Waals surface area contributed by atoms with Crippen molar-refractivity contribution < 1.29 is 18.6 Å². The molecule has 0 aliphatic heterocycles. The van der Waals surface area contributed by atoms with Gasteiger partial charge in [-0.25, -0.2) is 8.78 Å². The molecule has 0 saturated heterocycles.